The molecule has 0 radical (unpaired) electrons. The van der Waals surface area contributed by atoms with Gasteiger partial charge in [-0.05, 0) is 0 Å². The minimum absolute atomic E-state index is 0.0607. The monoisotopic (exact) mass is 288 g/mol. The first-order valence-corrected chi connectivity index (χ1v) is 6.86. The predicted octanol–water partition coefficient (Wildman–Crippen LogP) is 1.46. The summed E-state index contributed by atoms with van der Waals surface area (Å²) in [6.45, 7) is 4.17. The summed E-state index contributed by atoms with van der Waals surface area (Å²) in [5.74, 6) is -0.430. The van der Waals surface area contributed by atoms with Crippen LogP contribution in [0.15, 0.2) is 43.0 Å². The fraction of sp³-hybridized carbons (Fsp3) is 0.312. The van der Waals surface area contributed by atoms with E-state index in [9.17, 15) is 14.4 Å². The fourth-order valence-electron chi connectivity index (χ4n) is 1.67. The summed E-state index contributed by atoms with van der Waals surface area (Å²) in [5.41, 5.74) is 0.606. The summed E-state index contributed by atoms with van der Waals surface area (Å²) in [7, 11) is 0. The SMILES string of the molecule is C=CCNC(=O)CCNC(=O)CCC(=O)c1ccccc1. The van der Waals surface area contributed by atoms with E-state index in [1.807, 2.05) is 6.07 Å². The maximum atomic E-state index is 11.8. The second kappa shape index (κ2) is 9.47. The lowest BCUT2D eigenvalue weighted by Crippen LogP contribution is -2.30. The Morgan fingerprint density at radius 1 is 0.952 bits per heavy atom. The third kappa shape index (κ3) is 7.06. The fourth-order valence-corrected chi connectivity index (χ4v) is 1.67. The quantitative estimate of drug-likeness (QED) is 0.533. The van der Waals surface area contributed by atoms with E-state index in [0.717, 1.165) is 0 Å². The number of hydrogen-bond donors (Lipinski definition) is 2. The third-order valence-electron chi connectivity index (χ3n) is 2.79. The number of hydrogen-bond acceptors (Lipinski definition) is 3. The molecular weight excluding hydrogens is 268 g/mol. The van der Waals surface area contributed by atoms with Crippen LogP contribution >= 0.6 is 0 Å². The van der Waals surface area contributed by atoms with Crippen LogP contribution in [0.25, 0.3) is 0 Å². The van der Waals surface area contributed by atoms with Crippen LogP contribution < -0.4 is 10.6 Å². The van der Waals surface area contributed by atoms with Crippen molar-refractivity contribution in [3.63, 3.8) is 0 Å². The molecule has 0 aliphatic heterocycles. The molecule has 0 fully saturated rings. The third-order valence-corrected chi connectivity index (χ3v) is 2.79. The molecule has 0 unspecified atom stereocenters. The molecule has 0 saturated carbocycles. The van der Waals surface area contributed by atoms with Gasteiger partial charge in [0.05, 0.1) is 0 Å². The number of carbonyl (C=O) groups excluding carboxylic acids is 3. The van der Waals surface area contributed by atoms with Crippen LogP contribution in [0.5, 0.6) is 0 Å². The average Bonchev–Trinajstić information content (AvgIpc) is 2.51. The van der Waals surface area contributed by atoms with Crippen LogP contribution in [-0.4, -0.2) is 30.7 Å². The van der Waals surface area contributed by atoms with E-state index in [4.69, 9.17) is 0 Å². The highest BCUT2D eigenvalue weighted by Crippen LogP contribution is 2.04. The molecule has 1 aromatic rings. The minimum Gasteiger partial charge on any atom is -0.356 e. The minimum atomic E-state index is -0.226. The van der Waals surface area contributed by atoms with Crippen molar-refractivity contribution in [1.29, 1.82) is 0 Å². The molecule has 2 N–H and O–H groups in total. The van der Waals surface area contributed by atoms with Crippen LogP contribution in [0.4, 0.5) is 0 Å². The van der Waals surface area contributed by atoms with Crippen LogP contribution in [0, 0.1) is 0 Å². The van der Waals surface area contributed by atoms with E-state index in [1.54, 1.807) is 30.3 Å². The van der Waals surface area contributed by atoms with Gasteiger partial charge >= 0.3 is 0 Å². The molecule has 0 bridgehead atoms. The van der Waals surface area contributed by atoms with Gasteiger partial charge in [0, 0.05) is 37.9 Å². The van der Waals surface area contributed by atoms with E-state index in [-0.39, 0.29) is 43.4 Å². The average molecular weight is 288 g/mol. The van der Waals surface area contributed by atoms with Gasteiger partial charge in [0.15, 0.2) is 5.78 Å². The Hall–Kier alpha value is -2.43. The second-order valence-corrected chi connectivity index (χ2v) is 4.48. The van der Waals surface area contributed by atoms with E-state index in [2.05, 4.69) is 17.2 Å². The summed E-state index contributed by atoms with van der Waals surface area (Å²) < 4.78 is 0. The summed E-state index contributed by atoms with van der Waals surface area (Å²) in [5, 5.41) is 5.23. The lowest BCUT2D eigenvalue weighted by Gasteiger charge is -2.05. The van der Waals surface area contributed by atoms with Crippen LogP contribution in [0.2, 0.25) is 0 Å². The molecule has 0 aromatic heterocycles. The smallest absolute Gasteiger partial charge is 0.222 e. The Balaban J connectivity index is 2.18. The molecule has 0 aliphatic carbocycles. The lowest BCUT2D eigenvalue weighted by atomic mass is 10.1. The molecule has 0 spiro atoms. The molecule has 0 saturated heterocycles. The standard InChI is InChI=1S/C16H20N2O3/c1-2-11-17-16(21)10-12-18-15(20)9-8-14(19)13-6-4-3-5-7-13/h2-7H,1,8-12H2,(H,17,21)(H,18,20). The van der Waals surface area contributed by atoms with Crippen LogP contribution in [-0.2, 0) is 9.59 Å². The molecule has 2 amide bonds. The van der Waals surface area contributed by atoms with Gasteiger partial charge in [0.1, 0.15) is 0 Å². The summed E-state index contributed by atoms with van der Waals surface area (Å²) >= 11 is 0. The molecule has 5 heteroatoms. The number of ketones is 1. The lowest BCUT2D eigenvalue weighted by molar-refractivity contribution is -0.122. The van der Waals surface area contributed by atoms with E-state index in [1.165, 1.54) is 0 Å². The van der Waals surface area contributed by atoms with Gasteiger partial charge in [-0.25, -0.2) is 0 Å². The molecule has 21 heavy (non-hydrogen) atoms. The van der Waals surface area contributed by atoms with Gasteiger partial charge < -0.3 is 10.6 Å². The molecule has 1 aromatic carbocycles. The highest BCUT2D eigenvalue weighted by molar-refractivity contribution is 5.97. The number of Topliss-reactive ketones (excluding diaryl/α,β-unsaturated/α-hetero) is 1. The number of benzene rings is 1. The van der Waals surface area contributed by atoms with E-state index in [0.29, 0.717) is 12.1 Å². The first kappa shape index (κ1) is 16.6. The van der Waals surface area contributed by atoms with Crippen molar-refractivity contribution in [1.82, 2.24) is 10.6 Å². The molecular formula is C16H20N2O3. The van der Waals surface area contributed by atoms with Crippen molar-refractivity contribution in [2.45, 2.75) is 19.3 Å². The topological polar surface area (TPSA) is 75.3 Å². The Bertz CT molecular complexity index is 498. The summed E-state index contributed by atoms with van der Waals surface area (Å²) in [6, 6.07) is 8.86. The summed E-state index contributed by atoms with van der Waals surface area (Å²) in [6.07, 6.45) is 2.10. The van der Waals surface area contributed by atoms with Crippen molar-refractivity contribution < 1.29 is 14.4 Å². The van der Waals surface area contributed by atoms with Gasteiger partial charge in [0.25, 0.3) is 0 Å². The van der Waals surface area contributed by atoms with Gasteiger partial charge in [-0.1, -0.05) is 36.4 Å². The predicted molar refractivity (Wildman–Crippen MR) is 80.8 cm³/mol. The van der Waals surface area contributed by atoms with E-state index < -0.39 is 0 Å². The highest BCUT2D eigenvalue weighted by Gasteiger charge is 2.09. The molecule has 112 valence electrons. The Morgan fingerprint density at radius 2 is 1.62 bits per heavy atom. The Kier molecular flexibility index (Phi) is 7.50. The largest absolute Gasteiger partial charge is 0.356 e. The number of nitrogens with one attached hydrogen (secondary N) is 2. The zero-order valence-corrected chi connectivity index (χ0v) is 11.9. The van der Waals surface area contributed by atoms with Gasteiger partial charge in [-0.3, -0.25) is 14.4 Å². The zero-order valence-electron chi connectivity index (χ0n) is 11.9. The number of rotatable bonds is 9. The second-order valence-electron chi connectivity index (χ2n) is 4.48. The molecule has 0 atom stereocenters. The van der Waals surface area contributed by atoms with Gasteiger partial charge in [-0.2, -0.15) is 0 Å². The van der Waals surface area contributed by atoms with Crippen molar-refractivity contribution in [2.24, 2.45) is 0 Å². The summed E-state index contributed by atoms with van der Waals surface area (Å²) in [4.78, 5) is 34.6. The highest BCUT2D eigenvalue weighted by atomic mass is 16.2. The van der Waals surface area contributed by atoms with Crippen LogP contribution in [0.3, 0.4) is 0 Å². The zero-order chi connectivity index (χ0) is 15.5. The maximum Gasteiger partial charge on any atom is 0.222 e. The molecule has 5 nitrogen and oxygen atoms in total. The Morgan fingerprint density at radius 3 is 2.29 bits per heavy atom. The van der Waals surface area contributed by atoms with E-state index >= 15 is 0 Å². The van der Waals surface area contributed by atoms with Crippen molar-refractivity contribution in [2.75, 3.05) is 13.1 Å². The van der Waals surface area contributed by atoms with Crippen LogP contribution in [0.1, 0.15) is 29.6 Å². The molecule has 1 rings (SSSR count). The van der Waals surface area contributed by atoms with Gasteiger partial charge in [-0.15, -0.1) is 6.58 Å². The normalized spacial score (nSPS) is 9.71. The Labute approximate surface area is 124 Å². The molecule has 0 heterocycles. The number of amides is 2. The number of carbonyl (C=O) groups is 3. The maximum absolute atomic E-state index is 11.8. The molecule has 0 aliphatic rings. The van der Waals surface area contributed by atoms with Crippen molar-refractivity contribution in [3.05, 3.63) is 48.6 Å². The first-order valence-electron chi connectivity index (χ1n) is 6.86. The van der Waals surface area contributed by atoms with Crippen molar-refractivity contribution >= 4 is 17.6 Å². The first-order chi connectivity index (χ1) is 10.1. The van der Waals surface area contributed by atoms with Crippen molar-refractivity contribution in [3.8, 4) is 0 Å². The van der Waals surface area contributed by atoms with Gasteiger partial charge in [0.2, 0.25) is 11.8 Å².